The maximum Gasteiger partial charge on any atom is 0.0681 e. The second-order valence-corrected chi connectivity index (χ2v) is 6.91. The summed E-state index contributed by atoms with van der Waals surface area (Å²) in [6.45, 7) is 9.99. The van der Waals surface area contributed by atoms with E-state index in [0.717, 1.165) is 0 Å². The third-order valence-electron chi connectivity index (χ3n) is 5.37. The van der Waals surface area contributed by atoms with Crippen LogP contribution in [0.1, 0.15) is 33.4 Å². The summed E-state index contributed by atoms with van der Waals surface area (Å²) < 4.78 is 11.3. The second-order valence-electron chi connectivity index (χ2n) is 6.91. The molecule has 2 aromatic rings. The van der Waals surface area contributed by atoms with Crippen LogP contribution in [0.25, 0.3) is 11.1 Å². The molecule has 0 N–H and O–H groups in total. The van der Waals surface area contributed by atoms with E-state index in [0.29, 0.717) is 13.2 Å². The van der Waals surface area contributed by atoms with Gasteiger partial charge in [-0.25, -0.2) is 0 Å². The fourth-order valence-corrected chi connectivity index (χ4v) is 3.86. The minimum Gasteiger partial charge on any atom is -0.383 e. The maximum atomic E-state index is 5.66. The number of aryl methyl sites for hydroxylation is 4. The number of hydrogen-bond acceptors (Lipinski definition) is 2. The SMILES string of the molecule is COCC1(COC)c2cc(C)c(C)cc2-c2cc(C)c(C)cc21. The predicted molar refractivity (Wildman–Crippen MR) is 95.4 cm³/mol. The summed E-state index contributed by atoms with van der Waals surface area (Å²) in [5, 5.41) is 0. The van der Waals surface area contributed by atoms with E-state index in [2.05, 4.69) is 52.0 Å². The smallest absolute Gasteiger partial charge is 0.0681 e. The Morgan fingerprint density at radius 2 is 1.00 bits per heavy atom. The Morgan fingerprint density at radius 1 is 0.652 bits per heavy atom. The quantitative estimate of drug-likeness (QED) is 0.829. The molecule has 0 fully saturated rings. The second kappa shape index (κ2) is 5.77. The molecule has 0 radical (unpaired) electrons. The molecule has 23 heavy (non-hydrogen) atoms. The first-order valence-electron chi connectivity index (χ1n) is 8.16. The molecule has 1 aliphatic carbocycles. The molecule has 2 nitrogen and oxygen atoms in total. The molecule has 0 atom stereocenters. The van der Waals surface area contributed by atoms with Gasteiger partial charge in [0.15, 0.2) is 0 Å². The van der Waals surface area contributed by atoms with Crippen molar-refractivity contribution in [2.45, 2.75) is 33.1 Å². The Morgan fingerprint density at radius 3 is 1.35 bits per heavy atom. The molecule has 122 valence electrons. The molecule has 0 amide bonds. The van der Waals surface area contributed by atoms with Gasteiger partial charge in [0.25, 0.3) is 0 Å². The lowest BCUT2D eigenvalue weighted by atomic mass is 9.78. The van der Waals surface area contributed by atoms with E-state index in [1.807, 2.05) is 0 Å². The van der Waals surface area contributed by atoms with Gasteiger partial charge in [-0.1, -0.05) is 24.3 Å². The van der Waals surface area contributed by atoms with Gasteiger partial charge in [0.05, 0.1) is 18.6 Å². The minimum absolute atomic E-state index is 0.217. The Hall–Kier alpha value is -1.64. The average Bonchev–Trinajstić information content (AvgIpc) is 2.72. The van der Waals surface area contributed by atoms with Crippen molar-refractivity contribution in [1.29, 1.82) is 0 Å². The highest BCUT2D eigenvalue weighted by molar-refractivity contribution is 5.83. The Balaban J connectivity index is 2.38. The number of benzene rings is 2. The van der Waals surface area contributed by atoms with Crippen LogP contribution >= 0.6 is 0 Å². The maximum absolute atomic E-state index is 5.66. The van der Waals surface area contributed by atoms with Crippen molar-refractivity contribution in [3.05, 3.63) is 57.6 Å². The Bertz CT molecular complexity index is 693. The summed E-state index contributed by atoms with van der Waals surface area (Å²) in [6.07, 6.45) is 0. The molecule has 0 spiro atoms. The van der Waals surface area contributed by atoms with Crippen molar-refractivity contribution in [1.82, 2.24) is 0 Å². The molecule has 0 heterocycles. The van der Waals surface area contributed by atoms with Crippen LogP contribution in [0.5, 0.6) is 0 Å². The lowest BCUT2D eigenvalue weighted by Crippen LogP contribution is -2.36. The van der Waals surface area contributed by atoms with Crippen molar-refractivity contribution < 1.29 is 9.47 Å². The normalized spacial score (nSPS) is 14.7. The third-order valence-corrected chi connectivity index (χ3v) is 5.37. The zero-order valence-electron chi connectivity index (χ0n) is 15.0. The van der Waals surface area contributed by atoms with Gasteiger partial charge in [0.2, 0.25) is 0 Å². The van der Waals surface area contributed by atoms with E-state index < -0.39 is 0 Å². The van der Waals surface area contributed by atoms with Crippen LogP contribution < -0.4 is 0 Å². The van der Waals surface area contributed by atoms with E-state index >= 15 is 0 Å². The zero-order valence-corrected chi connectivity index (χ0v) is 15.0. The van der Waals surface area contributed by atoms with Crippen LogP contribution in [0.15, 0.2) is 24.3 Å². The van der Waals surface area contributed by atoms with Crippen molar-refractivity contribution in [3.8, 4) is 11.1 Å². The molecule has 0 bridgehead atoms. The van der Waals surface area contributed by atoms with Gasteiger partial charge in [-0.3, -0.25) is 0 Å². The van der Waals surface area contributed by atoms with Crippen LogP contribution in [0.2, 0.25) is 0 Å². The molecule has 2 aromatic carbocycles. The zero-order chi connectivity index (χ0) is 16.8. The third kappa shape index (κ3) is 2.32. The summed E-state index contributed by atoms with van der Waals surface area (Å²) >= 11 is 0. The molecule has 0 unspecified atom stereocenters. The van der Waals surface area contributed by atoms with Crippen molar-refractivity contribution >= 4 is 0 Å². The number of hydrogen-bond donors (Lipinski definition) is 0. The molecule has 2 heteroatoms. The summed E-state index contributed by atoms with van der Waals surface area (Å²) in [4.78, 5) is 0. The molecular weight excluding hydrogens is 284 g/mol. The van der Waals surface area contributed by atoms with Crippen LogP contribution in [0.4, 0.5) is 0 Å². The van der Waals surface area contributed by atoms with Crippen molar-refractivity contribution in [2.24, 2.45) is 0 Å². The molecular formula is C21H26O2. The number of methoxy groups -OCH3 is 2. The minimum atomic E-state index is -0.217. The summed E-state index contributed by atoms with van der Waals surface area (Å²) in [5.74, 6) is 0. The first kappa shape index (κ1) is 16.2. The van der Waals surface area contributed by atoms with Gasteiger partial charge in [-0.2, -0.15) is 0 Å². The molecule has 0 saturated heterocycles. The topological polar surface area (TPSA) is 18.5 Å². The monoisotopic (exact) mass is 310 g/mol. The fraction of sp³-hybridized carbons (Fsp3) is 0.429. The summed E-state index contributed by atoms with van der Waals surface area (Å²) in [6, 6.07) is 9.30. The molecule has 1 aliphatic rings. The molecule has 0 saturated carbocycles. The number of rotatable bonds is 4. The lowest BCUT2D eigenvalue weighted by Gasteiger charge is -2.31. The number of ether oxygens (including phenoxy) is 2. The van der Waals surface area contributed by atoms with Gasteiger partial charge in [-0.15, -0.1) is 0 Å². The summed E-state index contributed by atoms with van der Waals surface area (Å²) in [7, 11) is 3.55. The van der Waals surface area contributed by atoms with E-state index in [-0.39, 0.29) is 5.41 Å². The van der Waals surface area contributed by atoms with Crippen molar-refractivity contribution in [2.75, 3.05) is 27.4 Å². The fourth-order valence-electron chi connectivity index (χ4n) is 3.86. The molecule has 0 aromatic heterocycles. The predicted octanol–water partition coefficient (Wildman–Crippen LogP) is 4.48. The lowest BCUT2D eigenvalue weighted by molar-refractivity contribution is 0.0814. The van der Waals surface area contributed by atoms with Crippen molar-refractivity contribution in [3.63, 3.8) is 0 Å². The van der Waals surface area contributed by atoms with Gasteiger partial charge < -0.3 is 9.47 Å². The highest BCUT2D eigenvalue weighted by Crippen LogP contribution is 2.50. The largest absolute Gasteiger partial charge is 0.383 e. The standard InChI is InChI=1S/C21H26O2/c1-13-7-17-18-8-14(2)16(4)10-20(18)21(11-22-5,12-23-6)19(17)9-15(13)3/h7-10H,11-12H2,1-6H3. The molecule has 3 rings (SSSR count). The Kier molecular flexibility index (Phi) is 4.07. The first-order chi connectivity index (χ1) is 10.9. The van der Waals surface area contributed by atoms with E-state index in [9.17, 15) is 0 Å². The van der Waals surface area contributed by atoms with E-state index in [4.69, 9.17) is 9.47 Å². The first-order valence-corrected chi connectivity index (χ1v) is 8.16. The van der Waals surface area contributed by atoms with Crippen LogP contribution in [-0.2, 0) is 14.9 Å². The molecule has 0 aliphatic heterocycles. The van der Waals surface area contributed by atoms with E-state index in [1.165, 1.54) is 44.5 Å². The van der Waals surface area contributed by atoms with Crippen LogP contribution in [-0.4, -0.2) is 27.4 Å². The van der Waals surface area contributed by atoms with Gasteiger partial charge in [-0.05, 0) is 72.2 Å². The van der Waals surface area contributed by atoms with Gasteiger partial charge in [0, 0.05) is 14.2 Å². The summed E-state index contributed by atoms with van der Waals surface area (Å²) in [5.41, 5.74) is 10.4. The van der Waals surface area contributed by atoms with Crippen LogP contribution in [0.3, 0.4) is 0 Å². The highest BCUT2D eigenvalue weighted by Gasteiger charge is 2.44. The number of fused-ring (bicyclic) bond motifs is 3. The van der Waals surface area contributed by atoms with Gasteiger partial charge >= 0.3 is 0 Å². The average molecular weight is 310 g/mol. The Labute approximate surface area is 139 Å². The van der Waals surface area contributed by atoms with Gasteiger partial charge in [0.1, 0.15) is 0 Å². The van der Waals surface area contributed by atoms with E-state index in [1.54, 1.807) is 14.2 Å². The highest BCUT2D eigenvalue weighted by atomic mass is 16.5. The van der Waals surface area contributed by atoms with Crippen LogP contribution in [0, 0.1) is 27.7 Å².